The first-order valence-electron chi connectivity index (χ1n) is 4.30. The highest BCUT2D eigenvalue weighted by Crippen LogP contribution is 2.61. The summed E-state index contributed by atoms with van der Waals surface area (Å²) in [6.45, 7) is 2.80. The molecule has 0 rings (SSSR count). The first-order valence-corrected chi connectivity index (χ1v) is 10.1. The smallest absolute Gasteiger partial charge is 0.295 e. The molecule has 5 N–H and O–H groups in total. The molecule has 0 aromatic rings. The molecule has 0 aromatic carbocycles. The van der Waals surface area contributed by atoms with Crippen LogP contribution >= 0.6 is 9.90 Å². The predicted octanol–water partition coefficient (Wildman–Crippen LogP) is 1.20. The minimum Gasteiger partial charge on any atom is -0.295 e. The molecule has 17 heavy (non-hydrogen) atoms. The Morgan fingerprint density at radius 3 is 1.94 bits per heavy atom. The molecule has 0 bridgehead atoms. The lowest BCUT2D eigenvalue weighted by atomic mass is 10.1. The van der Waals surface area contributed by atoms with Gasteiger partial charge in [0.1, 0.15) is 0 Å². The van der Waals surface area contributed by atoms with Crippen molar-refractivity contribution in [3.8, 4) is 0 Å². The van der Waals surface area contributed by atoms with Crippen molar-refractivity contribution >= 4 is 26.7 Å². The van der Waals surface area contributed by atoms with Gasteiger partial charge >= 0.3 is 9.15 Å². The third-order valence-electron chi connectivity index (χ3n) is 1.93. The Labute approximate surface area is 99.3 Å². The van der Waals surface area contributed by atoms with E-state index in [-0.39, 0.29) is 5.92 Å². The maximum absolute atomic E-state index is 11.2. The first kappa shape index (κ1) is 17.2. The second-order valence-corrected chi connectivity index (χ2v) is 13.7. The summed E-state index contributed by atoms with van der Waals surface area (Å²) in [5.74, 6) is -0.286. The zero-order valence-corrected chi connectivity index (χ0v) is 11.5. The average Bonchev–Trinajstić information content (AvgIpc) is 2.11. The predicted molar refractivity (Wildman–Crippen MR) is 63.2 cm³/mol. The molecule has 0 radical (unpaired) electrons. The van der Waals surface area contributed by atoms with E-state index in [4.69, 9.17) is 22.8 Å². The fourth-order valence-electron chi connectivity index (χ4n) is 0.517. The van der Waals surface area contributed by atoms with Crippen LogP contribution in [0, 0.1) is 5.92 Å². The van der Waals surface area contributed by atoms with E-state index >= 15 is 0 Å². The average molecular weight is 316 g/mol. The van der Waals surface area contributed by atoms with Crippen molar-refractivity contribution < 1.29 is 39.6 Å². The van der Waals surface area contributed by atoms with Crippen molar-refractivity contribution in [3.05, 3.63) is 0 Å². The summed E-state index contributed by atoms with van der Waals surface area (Å²) in [5, 5.41) is 0. The lowest BCUT2D eigenvalue weighted by Gasteiger charge is -2.40. The summed E-state index contributed by atoms with van der Waals surface area (Å²) in [6, 6.07) is 0. The molecule has 0 aromatic heterocycles. The van der Waals surface area contributed by atoms with Crippen LogP contribution in [0.25, 0.3) is 0 Å². The normalized spacial score (nSPS) is 19.4. The first-order chi connectivity index (χ1) is 7.24. The van der Waals surface area contributed by atoms with E-state index in [1.54, 1.807) is 13.8 Å². The molecule has 1 unspecified atom stereocenters. The van der Waals surface area contributed by atoms with Crippen molar-refractivity contribution in [3.63, 3.8) is 0 Å². The SMILES string of the molecule is CCC(C)COS(O)(O)S(=O)(O)(O)S(=O)(=O)O. The molecular formula is C5H16O9S3. The molecule has 0 saturated heterocycles. The summed E-state index contributed by atoms with van der Waals surface area (Å²) in [4.78, 5) is 0. The highest BCUT2D eigenvalue weighted by molar-refractivity contribution is 9.15. The minimum absolute atomic E-state index is 0.286. The molecule has 0 amide bonds. The third-order valence-corrected chi connectivity index (χ3v) is 11.7. The van der Waals surface area contributed by atoms with E-state index in [1.165, 1.54) is 0 Å². The fourth-order valence-corrected chi connectivity index (χ4v) is 5.02. The molecule has 0 heterocycles. The van der Waals surface area contributed by atoms with Gasteiger partial charge in [-0.15, -0.1) is 0 Å². The highest BCUT2D eigenvalue weighted by atomic mass is 33.6. The Balaban J connectivity index is 5.26. The fraction of sp³-hybridized carbons (Fsp3) is 1.00. The van der Waals surface area contributed by atoms with Crippen LogP contribution in [-0.2, 0) is 21.0 Å². The van der Waals surface area contributed by atoms with Gasteiger partial charge in [0.05, 0.1) is 6.61 Å². The lowest BCUT2D eigenvalue weighted by Crippen LogP contribution is -2.45. The highest BCUT2D eigenvalue weighted by Gasteiger charge is 2.61. The molecule has 0 fully saturated rings. The zero-order valence-electron chi connectivity index (χ0n) is 9.09. The Bertz CT molecular complexity index is 432. The van der Waals surface area contributed by atoms with Crippen LogP contribution in [0.4, 0.5) is 0 Å². The van der Waals surface area contributed by atoms with Crippen LogP contribution < -0.4 is 0 Å². The largest absolute Gasteiger partial charge is 0.382 e. The van der Waals surface area contributed by atoms with E-state index in [9.17, 15) is 12.6 Å². The van der Waals surface area contributed by atoms with E-state index in [1.807, 2.05) is 0 Å². The van der Waals surface area contributed by atoms with Crippen LogP contribution in [0.15, 0.2) is 0 Å². The maximum atomic E-state index is 11.2. The Hall–Kier alpha value is 0.210. The molecule has 0 saturated carbocycles. The van der Waals surface area contributed by atoms with Gasteiger partial charge in [0, 0.05) is 0 Å². The molecule has 0 aliphatic carbocycles. The maximum Gasteiger partial charge on any atom is 0.382 e. The van der Waals surface area contributed by atoms with Crippen LogP contribution in [0.5, 0.6) is 0 Å². The standard InChI is InChI=1S/C5H16O9S3/c1-3-5(2)4-14-16(9,10)17(11,12,13)15(6,7)8/h5,9-10H,3-4H2,1-2H3,(H,6,7,8)(H2,11,12,13). The van der Waals surface area contributed by atoms with Gasteiger partial charge in [0.2, 0.25) is 9.90 Å². The summed E-state index contributed by atoms with van der Waals surface area (Å²) >= 11 is 0. The van der Waals surface area contributed by atoms with Gasteiger partial charge < -0.3 is 0 Å². The summed E-state index contributed by atoms with van der Waals surface area (Å²) in [5.41, 5.74) is 0. The summed E-state index contributed by atoms with van der Waals surface area (Å²) < 4.78 is 80.9. The molecular weight excluding hydrogens is 300 g/mol. The number of rotatable bonds is 6. The molecule has 9 nitrogen and oxygen atoms in total. The minimum atomic E-state index is -7.17. The monoisotopic (exact) mass is 316 g/mol. The molecule has 1 atom stereocenters. The van der Waals surface area contributed by atoms with Gasteiger partial charge in [-0.3, -0.25) is 26.9 Å². The zero-order chi connectivity index (χ0) is 14.1. The molecule has 0 aliphatic heterocycles. The van der Waals surface area contributed by atoms with Gasteiger partial charge in [0.15, 0.2) is 0 Å². The van der Waals surface area contributed by atoms with E-state index in [0.29, 0.717) is 6.42 Å². The molecule has 12 heteroatoms. The van der Waals surface area contributed by atoms with Gasteiger partial charge in [-0.25, -0.2) is 0 Å². The van der Waals surface area contributed by atoms with Crippen molar-refractivity contribution in [1.82, 2.24) is 0 Å². The van der Waals surface area contributed by atoms with E-state index in [0.717, 1.165) is 0 Å². The van der Waals surface area contributed by atoms with Crippen LogP contribution in [0.3, 0.4) is 0 Å². The Kier molecular flexibility index (Phi) is 4.77. The molecule has 0 spiro atoms. The van der Waals surface area contributed by atoms with E-state index < -0.39 is 33.4 Å². The second kappa shape index (κ2) is 4.71. The van der Waals surface area contributed by atoms with Gasteiger partial charge in [-0.2, -0.15) is 12.6 Å². The Morgan fingerprint density at radius 1 is 1.24 bits per heavy atom. The second-order valence-electron chi connectivity index (χ2n) is 3.41. The number of hydrogen-bond donors (Lipinski definition) is 5. The summed E-state index contributed by atoms with van der Waals surface area (Å²) in [6.07, 6.45) is 0.505. The van der Waals surface area contributed by atoms with Crippen LogP contribution in [0.2, 0.25) is 0 Å². The van der Waals surface area contributed by atoms with Gasteiger partial charge in [-0.05, 0) is 5.92 Å². The van der Waals surface area contributed by atoms with Crippen molar-refractivity contribution in [2.75, 3.05) is 6.61 Å². The van der Waals surface area contributed by atoms with Gasteiger partial charge in [0.25, 0.3) is 7.69 Å². The lowest BCUT2D eigenvalue weighted by molar-refractivity contribution is 0.226. The topological polar surface area (TPSA) is 162 Å². The molecule has 108 valence electrons. The third kappa shape index (κ3) is 3.15. The van der Waals surface area contributed by atoms with Gasteiger partial charge in [-0.1, -0.05) is 20.3 Å². The Morgan fingerprint density at radius 2 is 1.65 bits per heavy atom. The van der Waals surface area contributed by atoms with Crippen LogP contribution in [0.1, 0.15) is 20.3 Å². The van der Waals surface area contributed by atoms with Crippen molar-refractivity contribution in [1.29, 1.82) is 0 Å². The quantitative estimate of drug-likeness (QED) is 0.358. The molecule has 0 aliphatic rings. The van der Waals surface area contributed by atoms with E-state index in [2.05, 4.69) is 4.18 Å². The number of hydrogen-bond acceptors (Lipinski definition) is 6. The summed E-state index contributed by atoms with van der Waals surface area (Å²) in [7, 11) is -18.5. The van der Waals surface area contributed by atoms with Crippen LogP contribution in [-0.4, -0.2) is 42.0 Å². The van der Waals surface area contributed by atoms with Crippen molar-refractivity contribution in [2.24, 2.45) is 5.92 Å². The van der Waals surface area contributed by atoms with Crippen molar-refractivity contribution in [2.45, 2.75) is 20.3 Å².